The Bertz CT molecular complexity index is 289. The molecule has 1 heteroatoms. The summed E-state index contributed by atoms with van der Waals surface area (Å²) >= 11 is 0. The SMILES string of the molecule is CC1(C)[C@H](O)C[C@@H]1c1ccccc1. The predicted octanol–water partition coefficient (Wildman–Crippen LogP) is 2.56. The van der Waals surface area contributed by atoms with Gasteiger partial charge >= 0.3 is 0 Å². The summed E-state index contributed by atoms with van der Waals surface area (Å²) < 4.78 is 0. The molecule has 70 valence electrons. The van der Waals surface area contributed by atoms with E-state index in [0.717, 1.165) is 6.42 Å². The molecule has 1 nitrogen and oxygen atoms in total. The van der Waals surface area contributed by atoms with Crippen LogP contribution in [-0.4, -0.2) is 11.2 Å². The maximum absolute atomic E-state index is 9.61. The van der Waals surface area contributed by atoms with E-state index in [1.54, 1.807) is 0 Å². The van der Waals surface area contributed by atoms with Gasteiger partial charge in [0.25, 0.3) is 0 Å². The maximum Gasteiger partial charge on any atom is 0.0603 e. The molecule has 13 heavy (non-hydrogen) atoms. The average molecular weight is 176 g/mol. The summed E-state index contributed by atoms with van der Waals surface area (Å²) in [6.07, 6.45) is 0.787. The molecule has 0 bridgehead atoms. The normalized spacial score (nSPS) is 31.0. The first kappa shape index (κ1) is 8.76. The molecule has 1 N–H and O–H groups in total. The number of aliphatic hydroxyl groups is 1. The Hall–Kier alpha value is -0.820. The quantitative estimate of drug-likeness (QED) is 0.697. The number of rotatable bonds is 1. The van der Waals surface area contributed by atoms with E-state index in [2.05, 4.69) is 38.1 Å². The molecular formula is C12H16O. The van der Waals surface area contributed by atoms with Gasteiger partial charge < -0.3 is 5.11 Å². The lowest BCUT2D eigenvalue weighted by molar-refractivity contribution is -0.0625. The molecule has 0 unspecified atom stereocenters. The second-order valence-electron chi connectivity index (χ2n) is 4.54. The Kier molecular flexibility index (Phi) is 1.92. The Balaban J connectivity index is 2.22. The van der Waals surface area contributed by atoms with Gasteiger partial charge in [-0.15, -0.1) is 0 Å². The third-order valence-corrected chi connectivity index (χ3v) is 3.42. The van der Waals surface area contributed by atoms with Crippen LogP contribution in [-0.2, 0) is 0 Å². The third-order valence-electron chi connectivity index (χ3n) is 3.42. The zero-order valence-corrected chi connectivity index (χ0v) is 8.20. The van der Waals surface area contributed by atoms with Crippen LogP contribution in [0.3, 0.4) is 0 Å². The van der Waals surface area contributed by atoms with Crippen molar-refractivity contribution >= 4 is 0 Å². The summed E-state index contributed by atoms with van der Waals surface area (Å²) in [7, 11) is 0. The van der Waals surface area contributed by atoms with Crippen LogP contribution in [0.5, 0.6) is 0 Å². The highest BCUT2D eigenvalue weighted by Gasteiger charge is 2.47. The van der Waals surface area contributed by atoms with Crippen LogP contribution in [0, 0.1) is 5.41 Å². The summed E-state index contributed by atoms with van der Waals surface area (Å²) in [6, 6.07) is 10.5. The monoisotopic (exact) mass is 176 g/mol. The van der Waals surface area contributed by atoms with E-state index >= 15 is 0 Å². The van der Waals surface area contributed by atoms with Gasteiger partial charge in [-0.05, 0) is 23.3 Å². The number of benzene rings is 1. The molecule has 1 aromatic rings. The first-order valence-corrected chi connectivity index (χ1v) is 4.85. The summed E-state index contributed by atoms with van der Waals surface area (Å²) in [5, 5.41) is 9.61. The van der Waals surface area contributed by atoms with Crippen molar-refractivity contribution in [2.45, 2.75) is 32.3 Å². The van der Waals surface area contributed by atoms with Crippen LogP contribution >= 0.6 is 0 Å². The van der Waals surface area contributed by atoms with Crippen LogP contribution < -0.4 is 0 Å². The fourth-order valence-electron chi connectivity index (χ4n) is 2.15. The number of hydrogen-bond acceptors (Lipinski definition) is 1. The Labute approximate surface area is 79.4 Å². The van der Waals surface area contributed by atoms with E-state index in [1.165, 1.54) is 5.56 Å². The minimum absolute atomic E-state index is 0.0569. The molecule has 0 spiro atoms. The summed E-state index contributed by atoms with van der Waals surface area (Å²) in [5.41, 5.74) is 1.42. The van der Waals surface area contributed by atoms with Crippen molar-refractivity contribution in [3.63, 3.8) is 0 Å². The van der Waals surface area contributed by atoms with Crippen molar-refractivity contribution < 1.29 is 5.11 Å². The summed E-state index contributed by atoms with van der Waals surface area (Å²) in [5.74, 6) is 0.531. The maximum atomic E-state index is 9.61. The van der Waals surface area contributed by atoms with Gasteiger partial charge in [0.05, 0.1) is 6.10 Å². The Morgan fingerprint density at radius 1 is 1.23 bits per heavy atom. The van der Waals surface area contributed by atoms with Crippen LogP contribution in [0.15, 0.2) is 30.3 Å². The van der Waals surface area contributed by atoms with E-state index in [1.807, 2.05) is 6.07 Å². The van der Waals surface area contributed by atoms with Crippen molar-refractivity contribution in [2.24, 2.45) is 5.41 Å². The first-order valence-electron chi connectivity index (χ1n) is 4.85. The highest BCUT2D eigenvalue weighted by molar-refractivity contribution is 5.26. The number of aliphatic hydroxyl groups excluding tert-OH is 1. The molecule has 0 aromatic heterocycles. The van der Waals surface area contributed by atoms with Crippen molar-refractivity contribution in [2.75, 3.05) is 0 Å². The van der Waals surface area contributed by atoms with Gasteiger partial charge in [-0.25, -0.2) is 0 Å². The van der Waals surface area contributed by atoms with Gasteiger partial charge in [0.2, 0.25) is 0 Å². The van der Waals surface area contributed by atoms with Gasteiger partial charge in [-0.1, -0.05) is 44.2 Å². The minimum atomic E-state index is -0.127. The molecule has 1 aliphatic rings. The summed E-state index contributed by atoms with van der Waals surface area (Å²) in [4.78, 5) is 0. The van der Waals surface area contributed by atoms with E-state index in [-0.39, 0.29) is 11.5 Å². The zero-order chi connectivity index (χ0) is 9.47. The van der Waals surface area contributed by atoms with Gasteiger partial charge in [0.15, 0.2) is 0 Å². The van der Waals surface area contributed by atoms with Crippen LogP contribution in [0.25, 0.3) is 0 Å². The molecule has 1 aromatic carbocycles. The van der Waals surface area contributed by atoms with Crippen LogP contribution in [0.2, 0.25) is 0 Å². The highest BCUT2D eigenvalue weighted by Crippen LogP contribution is 2.52. The van der Waals surface area contributed by atoms with Gasteiger partial charge in [0, 0.05) is 0 Å². The first-order chi connectivity index (χ1) is 6.12. The van der Waals surface area contributed by atoms with E-state index in [0.29, 0.717) is 5.92 Å². The standard InChI is InChI=1S/C12H16O/c1-12(2)10(8-11(12)13)9-6-4-3-5-7-9/h3-7,10-11,13H,8H2,1-2H3/t10-,11-/m1/s1. The Morgan fingerprint density at radius 2 is 1.85 bits per heavy atom. The fraction of sp³-hybridized carbons (Fsp3) is 0.500. The largest absolute Gasteiger partial charge is 0.393 e. The lowest BCUT2D eigenvalue weighted by Gasteiger charge is -2.49. The minimum Gasteiger partial charge on any atom is -0.393 e. The number of hydrogen-bond donors (Lipinski definition) is 1. The fourth-order valence-corrected chi connectivity index (χ4v) is 2.15. The van der Waals surface area contributed by atoms with Gasteiger partial charge in [-0.2, -0.15) is 0 Å². The molecule has 1 fully saturated rings. The lowest BCUT2D eigenvalue weighted by atomic mass is 9.58. The summed E-state index contributed by atoms with van der Waals surface area (Å²) in [6.45, 7) is 4.28. The average Bonchev–Trinajstić information content (AvgIpc) is 2.15. The molecule has 0 heterocycles. The molecular weight excluding hydrogens is 160 g/mol. The molecule has 0 radical (unpaired) electrons. The second-order valence-corrected chi connectivity index (χ2v) is 4.54. The molecule has 2 rings (SSSR count). The topological polar surface area (TPSA) is 20.2 Å². The van der Waals surface area contributed by atoms with Gasteiger partial charge in [-0.3, -0.25) is 0 Å². The van der Waals surface area contributed by atoms with E-state index < -0.39 is 0 Å². The van der Waals surface area contributed by atoms with Crippen molar-refractivity contribution in [1.82, 2.24) is 0 Å². The molecule has 0 saturated heterocycles. The lowest BCUT2D eigenvalue weighted by Crippen LogP contribution is -2.47. The highest BCUT2D eigenvalue weighted by atomic mass is 16.3. The smallest absolute Gasteiger partial charge is 0.0603 e. The molecule has 0 aliphatic heterocycles. The van der Waals surface area contributed by atoms with Crippen molar-refractivity contribution in [1.29, 1.82) is 0 Å². The van der Waals surface area contributed by atoms with Gasteiger partial charge in [0.1, 0.15) is 0 Å². The van der Waals surface area contributed by atoms with Crippen LogP contribution in [0.1, 0.15) is 31.7 Å². The van der Waals surface area contributed by atoms with Crippen molar-refractivity contribution in [3.05, 3.63) is 35.9 Å². The van der Waals surface area contributed by atoms with Crippen molar-refractivity contribution in [3.8, 4) is 0 Å². The Morgan fingerprint density at radius 3 is 2.31 bits per heavy atom. The van der Waals surface area contributed by atoms with E-state index in [9.17, 15) is 5.11 Å². The van der Waals surface area contributed by atoms with Crippen LogP contribution in [0.4, 0.5) is 0 Å². The molecule has 1 aliphatic carbocycles. The molecule has 2 atom stereocenters. The second kappa shape index (κ2) is 2.85. The predicted molar refractivity (Wildman–Crippen MR) is 53.6 cm³/mol. The third kappa shape index (κ3) is 1.28. The van der Waals surface area contributed by atoms with E-state index in [4.69, 9.17) is 0 Å². The molecule has 0 amide bonds. The molecule has 1 saturated carbocycles. The zero-order valence-electron chi connectivity index (χ0n) is 8.20.